The maximum absolute atomic E-state index is 11.4. The van der Waals surface area contributed by atoms with Crippen molar-refractivity contribution in [3.8, 4) is 0 Å². The highest BCUT2D eigenvalue weighted by Crippen LogP contribution is 2.15. The molecule has 0 bridgehead atoms. The van der Waals surface area contributed by atoms with Crippen molar-refractivity contribution in [3.63, 3.8) is 0 Å². The van der Waals surface area contributed by atoms with Gasteiger partial charge in [-0.3, -0.25) is 0 Å². The molecule has 1 aromatic rings. The van der Waals surface area contributed by atoms with Crippen LogP contribution in [0.4, 0.5) is 4.79 Å². The van der Waals surface area contributed by atoms with E-state index in [4.69, 9.17) is 21.4 Å². The van der Waals surface area contributed by atoms with Gasteiger partial charge >= 0.3 is 12.1 Å². The minimum Gasteiger partial charge on any atom is -0.478 e. The molecule has 0 heterocycles. The van der Waals surface area contributed by atoms with E-state index in [0.717, 1.165) is 5.56 Å². The normalized spacial score (nSPS) is 11.0. The number of hydrogen-bond donors (Lipinski definition) is 2. The van der Waals surface area contributed by atoms with Crippen LogP contribution in [0.5, 0.6) is 0 Å². The summed E-state index contributed by atoms with van der Waals surface area (Å²) in [5.41, 5.74) is 0.326. The van der Waals surface area contributed by atoms with Crippen LogP contribution in [0.1, 0.15) is 36.7 Å². The fraction of sp³-hybridized carbons (Fsp3) is 0.429. The summed E-state index contributed by atoms with van der Waals surface area (Å²) in [5.74, 6) is -1.03. The predicted octanol–water partition coefficient (Wildman–Crippen LogP) is 3.11. The first-order valence-electron chi connectivity index (χ1n) is 6.17. The molecule has 1 aromatic carbocycles. The Morgan fingerprint density at radius 3 is 2.50 bits per heavy atom. The molecule has 0 atom stereocenters. The van der Waals surface area contributed by atoms with E-state index in [1.54, 1.807) is 26.8 Å². The molecule has 0 saturated heterocycles. The summed E-state index contributed by atoms with van der Waals surface area (Å²) in [6, 6.07) is 4.59. The number of aromatic carboxylic acids is 1. The van der Waals surface area contributed by atoms with Crippen molar-refractivity contribution in [1.29, 1.82) is 0 Å². The Morgan fingerprint density at radius 1 is 1.30 bits per heavy atom. The van der Waals surface area contributed by atoms with E-state index >= 15 is 0 Å². The highest BCUT2D eigenvalue weighted by atomic mass is 35.5. The second-order valence-corrected chi connectivity index (χ2v) is 5.77. The van der Waals surface area contributed by atoms with E-state index in [-0.39, 0.29) is 5.56 Å². The van der Waals surface area contributed by atoms with Crippen molar-refractivity contribution < 1.29 is 19.4 Å². The topological polar surface area (TPSA) is 75.6 Å². The van der Waals surface area contributed by atoms with E-state index in [1.165, 1.54) is 12.1 Å². The maximum Gasteiger partial charge on any atom is 0.407 e. The van der Waals surface area contributed by atoms with Gasteiger partial charge in [-0.1, -0.05) is 11.6 Å². The average molecular weight is 300 g/mol. The quantitative estimate of drug-likeness (QED) is 0.895. The molecule has 0 aromatic heterocycles. The zero-order valence-corrected chi connectivity index (χ0v) is 12.5. The number of carbonyl (C=O) groups excluding carboxylic acids is 1. The molecule has 5 nitrogen and oxygen atoms in total. The molecule has 20 heavy (non-hydrogen) atoms. The summed E-state index contributed by atoms with van der Waals surface area (Å²) in [7, 11) is 0. The third-order valence-electron chi connectivity index (χ3n) is 2.29. The van der Waals surface area contributed by atoms with Crippen molar-refractivity contribution in [2.75, 3.05) is 6.54 Å². The van der Waals surface area contributed by atoms with Crippen LogP contribution in [-0.4, -0.2) is 29.3 Å². The summed E-state index contributed by atoms with van der Waals surface area (Å²) in [5, 5.41) is 11.9. The summed E-state index contributed by atoms with van der Waals surface area (Å²) in [6.45, 7) is 5.68. The molecule has 1 rings (SSSR count). The minimum absolute atomic E-state index is 0.129. The van der Waals surface area contributed by atoms with Crippen LogP contribution < -0.4 is 5.32 Å². The van der Waals surface area contributed by atoms with Gasteiger partial charge in [0.1, 0.15) is 5.60 Å². The molecule has 0 radical (unpaired) electrons. The predicted molar refractivity (Wildman–Crippen MR) is 76.4 cm³/mol. The van der Waals surface area contributed by atoms with Gasteiger partial charge in [0, 0.05) is 11.6 Å². The lowest BCUT2D eigenvalue weighted by molar-refractivity contribution is 0.0527. The fourth-order valence-corrected chi connectivity index (χ4v) is 1.80. The Balaban J connectivity index is 2.54. The second kappa shape index (κ2) is 6.61. The number of carbonyl (C=O) groups is 2. The number of halogens is 1. The van der Waals surface area contributed by atoms with Gasteiger partial charge in [0.25, 0.3) is 0 Å². The Morgan fingerprint density at radius 2 is 1.95 bits per heavy atom. The first-order valence-corrected chi connectivity index (χ1v) is 6.55. The van der Waals surface area contributed by atoms with Gasteiger partial charge in [-0.2, -0.15) is 0 Å². The largest absolute Gasteiger partial charge is 0.478 e. The molecule has 0 aliphatic carbocycles. The molecule has 0 fully saturated rings. The van der Waals surface area contributed by atoms with Gasteiger partial charge in [0.2, 0.25) is 0 Å². The molecule has 6 heteroatoms. The number of benzene rings is 1. The smallest absolute Gasteiger partial charge is 0.407 e. The molecule has 1 amide bonds. The SMILES string of the molecule is CC(C)(C)OC(=O)NCCc1cc(Cl)cc(C(=O)O)c1. The van der Waals surface area contributed by atoms with Crippen molar-refractivity contribution in [1.82, 2.24) is 5.32 Å². The molecule has 0 unspecified atom stereocenters. The number of nitrogens with one attached hydrogen (secondary N) is 1. The average Bonchev–Trinajstić information content (AvgIpc) is 2.25. The minimum atomic E-state index is -1.03. The highest BCUT2D eigenvalue weighted by Gasteiger charge is 2.15. The van der Waals surface area contributed by atoms with Crippen LogP contribution in [0, 0.1) is 0 Å². The van der Waals surface area contributed by atoms with E-state index in [1.807, 2.05) is 0 Å². The van der Waals surface area contributed by atoms with Crippen molar-refractivity contribution >= 4 is 23.7 Å². The summed E-state index contributed by atoms with van der Waals surface area (Å²) in [4.78, 5) is 22.3. The maximum atomic E-state index is 11.4. The molecule has 0 spiro atoms. The second-order valence-electron chi connectivity index (χ2n) is 5.33. The third-order valence-corrected chi connectivity index (χ3v) is 2.50. The van der Waals surface area contributed by atoms with Crippen LogP contribution in [0.25, 0.3) is 0 Å². The van der Waals surface area contributed by atoms with Crippen molar-refractivity contribution in [3.05, 3.63) is 34.3 Å². The zero-order chi connectivity index (χ0) is 15.3. The number of carboxylic acids is 1. The van der Waals surface area contributed by atoms with Gasteiger partial charge < -0.3 is 15.2 Å². The Kier molecular flexibility index (Phi) is 5.39. The lowest BCUT2D eigenvalue weighted by atomic mass is 10.1. The number of rotatable bonds is 4. The summed E-state index contributed by atoms with van der Waals surface area (Å²) < 4.78 is 5.09. The number of alkyl carbamates (subject to hydrolysis) is 1. The van der Waals surface area contributed by atoms with Crippen LogP contribution >= 0.6 is 11.6 Å². The molecular formula is C14H18ClNO4. The fourth-order valence-electron chi connectivity index (χ4n) is 1.54. The number of carboxylic acid groups (broad SMARTS) is 1. The molecule has 0 saturated carbocycles. The van der Waals surface area contributed by atoms with Gasteiger partial charge in [0.15, 0.2) is 0 Å². The molecule has 0 aliphatic rings. The number of ether oxygens (including phenoxy) is 1. The van der Waals surface area contributed by atoms with Gasteiger partial charge in [-0.15, -0.1) is 0 Å². The van der Waals surface area contributed by atoms with Gasteiger partial charge in [0.05, 0.1) is 5.56 Å². The Bertz CT molecular complexity index is 508. The van der Waals surface area contributed by atoms with E-state index < -0.39 is 17.7 Å². The van der Waals surface area contributed by atoms with Crippen LogP contribution in [-0.2, 0) is 11.2 Å². The lowest BCUT2D eigenvalue weighted by Crippen LogP contribution is -2.33. The molecule has 110 valence electrons. The number of hydrogen-bond acceptors (Lipinski definition) is 3. The van der Waals surface area contributed by atoms with Crippen LogP contribution in [0.2, 0.25) is 5.02 Å². The van der Waals surface area contributed by atoms with Crippen LogP contribution in [0.3, 0.4) is 0 Å². The highest BCUT2D eigenvalue weighted by molar-refractivity contribution is 6.31. The van der Waals surface area contributed by atoms with Crippen molar-refractivity contribution in [2.24, 2.45) is 0 Å². The van der Waals surface area contributed by atoms with Crippen molar-refractivity contribution in [2.45, 2.75) is 32.8 Å². The van der Waals surface area contributed by atoms with Gasteiger partial charge in [-0.05, 0) is 51.0 Å². The zero-order valence-electron chi connectivity index (χ0n) is 11.7. The first kappa shape index (κ1) is 16.3. The standard InChI is InChI=1S/C14H18ClNO4/c1-14(2,3)20-13(19)16-5-4-9-6-10(12(17)18)8-11(15)7-9/h6-8H,4-5H2,1-3H3,(H,16,19)(H,17,18). The van der Waals surface area contributed by atoms with E-state index in [9.17, 15) is 9.59 Å². The Labute approximate surface area is 122 Å². The summed E-state index contributed by atoms with van der Waals surface area (Å²) in [6.07, 6.45) is -0.0296. The lowest BCUT2D eigenvalue weighted by Gasteiger charge is -2.19. The monoisotopic (exact) mass is 299 g/mol. The third kappa shape index (κ3) is 5.93. The molecular weight excluding hydrogens is 282 g/mol. The number of amides is 1. The first-order chi connectivity index (χ1) is 9.17. The van der Waals surface area contributed by atoms with E-state index in [0.29, 0.717) is 18.0 Å². The summed E-state index contributed by atoms with van der Waals surface area (Å²) >= 11 is 5.85. The van der Waals surface area contributed by atoms with E-state index in [2.05, 4.69) is 5.32 Å². The molecule has 0 aliphatic heterocycles. The molecule has 2 N–H and O–H groups in total. The van der Waals surface area contributed by atoms with Crippen LogP contribution in [0.15, 0.2) is 18.2 Å². The van der Waals surface area contributed by atoms with Gasteiger partial charge in [-0.25, -0.2) is 9.59 Å². The Hall–Kier alpha value is -1.75.